The van der Waals surface area contributed by atoms with Gasteiger partial charge in [-0.05, 0) is 75.1 Å². The first-order chi connectivity index (χ1) is 14.9. The van der Waals surface area contributed by atoms with Crippen LogP contribution in [-0.2, 0) is 6.61 Å². The predicted molar refractivity (Wildman–Crippen MR) is 118 cm³/mol. The Labute approximate surface area is 185 Å². The summed E-state index contributed by atoms with van der Waals surface area (Å²) in [7, 11) is 0. The van der Waals surface area contributed by atoms with Crippen molar-refractivity contribution in [1.82, 2.24) is 0 Å². The van der Waals surface area contributed by atoms with Crippen LogP contribution >= 0.6 is 15.9 Å². The molecule has 3 aromatic rings. The number of nitro benzene ring substituents is 2. The van der Waals surface area contributed by atoms with Gasteiger partial charge in [0, 0.05) is 24.3 Å². The summed E-state index contributed by atoms with van der Waals surface area (Å²) in [5, 5.41) is 31.0. The fraction of sp³-hybridized carbons (Fsp3) is 0.0455. The molecule has 8 nitrogen and oxygen atoms in total. The Kier molecular flexibility index (Phi) is 6.74. The first kappa shape index (κ1) is 21.7. The summed E-state index contributed by atoms with van der Waals surface area (Å²) in [6.45, 7) is 0.234. The van der Waals surface area contributed by atoms with Crippen molar-refractivity contribution in [3.8, 4) is 11.8 Å². The summed E-state index contributed by atoms with van der Waals surface area (Å²) in [4.78, 5) is 20.5. The smallest absolute Gasteiger partial charge is 0.269 e. The second-order valence-electron chi connectivity index (χ2n) is 6.38. The van der Waals surface area contributed by atoms with Crippen LogP contribution in [0.4, 0.5) is 11.4 Å². The minimum Gasteiger partial charge on any atom is -0.488 e. The summed E-state index contributed by atoms with van der Waals surface area (Å²) in [6.07, 6.45) is 1.67. The number of rotatable bonds is 7. The van der Waals surface area contributed by atoms with Crippen LogP contribution in [0.1, 0.15) is 16.7 Å². The lowest BCUT2D eigenvalue weighted by atomic mass is 10.0. The maximum atomic E-state index is 10.8. The van der Waals surface area contributed by atoms with Gasteiger partial charge in [-0.3, -0.25) is 20.2 Å². The predicted octanol–water partition coefficient (Wildman–Crippen LogP) is 5.91. The molecule has 31 heavy (non-hydrogen) atoms. The minimum absolute atomic E-state index is 0.0161. The summed E-state index contributed by atoms with van der Waals surface area (Å²) in [6, 6.07) is 19.3. The van der Waals surface area contributed by atoms with Crippen LogP contribution in [0.2, 0.25) is 0 Å². The van der Waals surface area contributed by atoms with Gasteiger partial charge < -0.3 is 4.74 Å². The van der Waals surface area contributed by atoms with Gasteiger partial charge in [0.05, 0.1) is 26.0 Å². The Morgan fingerprint density at radius 3 is 2.06 bits per heavy atom. The Morgan fingerprint density at radius 2 is 1.55 bits per heavy atom. The van der Waals surface area contributed by atoms with E-state index in [0.717, 1.165) is 11.1 Å². The Bertz CT molecular complexity index is 1200. The zero-order valence-electron chi connectivity index (χ0n) is 15.9. The van der Waals surface area contributed by atoms with Crippen LogP contribution in [0, 0.1) is 31.6 Å². The van der Waals surface area contributed by atoms with Gasteiger partial charge in [-0.15, -0.1) is 0 Å². The molecule has 3 rings (SSSR count). The molecule has 0 unspecified atom stereocenters. The lowest BCUT2D eigenvalue weighted by Gasteiger charge is -2.09. The highest BCUT2D eigenvalue weighted by atomic mass is 79.9. The van der Waals surface area contributed by atoms with Crippen LogP contribution in [0.3, 0.4) is 0 Å². The molecule has 0 saturated heterocycles. The number of ether oxygens (including phenoxy) is 1. The van der Waals surface area contributed by atoms with Gasteiger partial charge in [0.15, 0.2) is 0 Å². The van der Waals surface area contributed by atoms with E-state index in [0.29, 0.717) is 21.4 Å². The molecule has 0 N–H and O–H groups in total. The van der Waals surface area contributed by atoms with Crippen LogP contribution in [0.25, 0.3) is 11.6 Å². The number of hydrogen-bond acceptors (Lipinski definition) is 6. The first-order valence-corrected chi connectivity index (χ1v) is 9.69. The van der Waals surface area contributed by atoms with Crippen molar-refractivity contribution < 1.29 is 14.6 Å². The highest BCUT2D eigenvalue weighted by Gasteiger charge is 2.09. The topological polar surface area (TPSA) is 119 Å². The standard InChI is InChI=1S/C22H14BrN3O5/c23-21-12-16(11-18(13-24)17-4-8-20(9-5-17)26(29)30)3-10-22(21)31-14-15-1-6-19(7-2-15)25(27)28/h1-12H,14H2/b18-11-. The van der Waals surface area contributed by atoms with E-state index in [2.05, 4.69) is 22.0 Å². The van der Waals surface area contributed by atoms with Gasteiger partial charge in [-0.2, -0.15) is 5.26 Å². The number of nitrogens with zero attached hydrogens (tertiary/aromatic N) is 3. The summed E-state index contributed by atoms with van der Waals surface area (Å²) < 4.78 is 6.43. The van der Waals surface area contributed by atoms with E-state index in [4.69, 9.17) is 4.74 Å². The molecule has 3 aromatic carbocycles. The van der Waals surface area contributed by atoms with E-state index in [1.165, 1.54) is 36.4 Å². The monoisotopic (exact) mass is 479 g/mol. The normalized spacial score (nSPS) is 10.9. The maximum absolute atomic E-state index is 10.8. The van der Waals surface area contributed by atoms with Crippen molar-refractivity contribution in [2.75, 3.05) is 0 Å². The highest BCUT2D eigenvalue weighted by Crippen LogP contribution is 2.29. The third-order valence-electron chi connectivity index (χ3n) is 4.32. The van der Waals surface area contributed by atoms with Crippen LogP contribution < -0.4 is 4.74 Å². The van der Waals surface area contributed by atoms with Gasteiger partial charge in [-0.1, -0.05) is 6.07 Å². The van der Waals surface area contributed by atoms with E-state index in [1.807, 2.05) is 0 Å². The van der Waals surface area contributed by atoms with E-state index in [1.54, 1.807) is 36.4 Å². The van der Waals surface area contributed by atoms with Gasteiger partial charge in [0.2, 0.25) is 0 Å². The van der Waals surface area contributed by atoms with E-state index < -0.39 is 9.85 Å². The van der Waals surface area contributed by atoms with E-state index in [9.17, 15) is 25.5 Å². The minimum atomic E-state index is -0.494. The number of nitro groups is 2. The molecule has 0 bridgehead atoms. The van der Waals surface area contributed by atoms with Gasteiger partial charge in [-0.25, -0.2) is 0 Å². The molecule has 0 fully saturated rings. The molecule has 154 valence electrons. The SMILES string of the molecule is N#C/C(=C/c1ccc(OCc2ccc([N+](=O)[O-])cc2)c(Br)c1)c1ccc([N+](=O)[O-])cc1. The largest absolute Gasteiger partial charge is 0.488 e. The van der Waals surface area contributed by atoms with E-state index in [-0.39, 0.29) is 18.0 Å². The molecule has 0 aliphatic rings. The third kappa shape index (κ3) is 5.52. The van der Waals surface area contributed by atoms with E-state index >= 15 is 0 Å². The molecule has 9 heteroatoms. The summed E-state index contributed by atoms with van der Waals surface area (Å²) in [5.41, 5.74) is 2.43. The quantitative estimate of drug-likeness (QED) is 0.180. The van der Waals surface area contributed by atoms with Crippen LogP contribution in [0.5, 0.6) is 5.75 Å². The zero-order chi connectivity index (χ0) is 22.4. The van der Waals surface area contributed by atoms with Crippen molar-refractivity contribution in [3.63, 3.8) is 0 Å². The van der Waals surface area contributed by atoms with Crippen LogP contribution in [0.15, 0.2) is 71.2 Å². The number of nitriles is 1. The molecule has 0 spiro atoms. The molecular formula is C22H14BrN3O5. The molecule has 0 aliphatic carbocycles. The fourth-order valence-corrected chi connectivity index (χ4v) is 3.22. The maximum Gasteiger partial charge on any atom is 0.269 e. The molecule has 0 heterocycles. The summed E-state index contributed by atoms with van der Waals surface area (Å²) in [5.74, 6) is 0.573. The van der Waals surface area contributed by atoms with Crippen molar-refractivity contribution >= 4 is 39.0 Å². The summed E-state index contributed by atoms with van der Waals surface area (Å²) >= 11 is 3.44. The lowest BCUT2D eigenvalue weighted by Crippen LogP contribution is -1.97. The van der Waals surface area contributed by atoms with Gasteiger partial charge in [0.25, 0.3) is 11.4 Å². The van der Waals surface area contributed by atoms with Crippen molar-refractivity contribution in [3.05, 3.63) is 108 Å². The average molecular weight is 480 g/mol. The lowest BCUT2D eigenvalue weighted by molar-refractivity contribution is -0.385. The number of allylic oxidation sites excluding steroid dienone is 1. The number of halogens is 1. The average Bonchev–Trinajstić information content (AvgIpc) is 2.77. The molecule has 0 amide bonds. The number of hydrogen-bond donors (Lipinski definition) is 0. The van der Waals surface area contributed by atoms with Gasteiger partial charge in [0.1, 0.15) is 12.4 Å². The van der Waals surface area contributed by atoms with Gasteiger partial charge >= 0.3 is 0 Å². The second-order valence-corrected chi connectivity index (χ2v) is 7.23. The van der Waals surface area contributed by atoms with Crippen molar-refractivity contribution in [2.45, 2.75) is 6.61 Å². The number of benzene rings is 3. The zero-order valence-corrected chi connectivity index (χ0v) is 17.5. The highest BCUT2D eigenvalue weighted by molar-refractivity contribution is 9.10. The molecule has 0 radical (unpaired) electrons. The Hall–Kier alpha value is -4.03. The molecule has 0 aromatic heterocycles. The second kappa shape index (κ2) is 9.65. The third-order valence-corrected chi connectivity index (χ3v) is 4.94. The number of non-ortho nitro benzene ring substituents is 2. The molecule has 0 aliphatic heterocycles. The first-order valence-electron chi connectivity index (χ1n) is 8.89. The van der Waals surface area contributed by atoms with Crippen molar-refractivity contribution in [1.29, 1.82) is 5.26 Å². The van der Waals surface area contributed by atoms with Crippen LogP contribution in [-0.4, -0.2) is 9.85 Å². The Morgan fingerprint density at radius 1 is 0.968 bits per heavy atom. The van der Waals surface area contributed by atoms with Crippen molar-refractivity contribution in [2.24, 2.45) is 0 Å². The molecule has 0 atom stereocenters. The fourth-order valence-electron chi connectivity index (χ4n) is 2.71. The molecular weight excluding hydrogens is 466 g/mol. The molecule has 0 saturated carbocycles. The Balaban J connectivity index is 1.73.